The summed E-state index contributed by atoms with van der Waals surface area (Å²) >= 11 is 0. The number of ether oxygens (including phenoxy) is 2. The van der Waals surface area contributed by atoms with Gasteiger partial charge in [-0.1, -0.05) is 20.3 Å². The van der Waals surface area contributed by atoms with Gasteiger partial charge in [-0.2, -0.15) is 0 Å². The summed E-state index contributed by atoms with van der Waals surface area (Å²) < 4.78 is 11.0. The number of fused-ring (bicyclic) bond motifs is 2. The lowest BCUT2D eigenvalue weighted by Crippen LogP contribution is -2.40. The predicted molar refractivity (Wildman–Crippen MR) is 82.9 cm³/mol. The first-order chi connectivity index (χ1) is 9.66. The molecule has 3 unspecified atom stereocenters. The zero-order chi connectivity index (χ0) is 14.4. The first-order valence-corrected chi connectivity index (χ1v) is 8.43. The van der Waals surface area contributed by atoms with Gasteiger partial charge < -0.3 is 14.8 Å². The van der Waals surface area contributed by atoms with Crippen LogP contribution in [0.2, 0.25) is 0 Å². The Morgan fingerprint density at radius 2 is 2.10 bits per heavy atom. The highest BCUT2D eigenvalue weighted by Gasteiger charge is 2.49. The molecule has 0 amide bonds. The van der Waals surface area contributed by atoms with Crippen molar-refractivity contribution in [1.82, 2.24) is 5.32 Å². The number of nitrogens with one attached hydrogen (secondary N) is 1. The van der Waals surface area contributed by atoms with Crippen LogP contribution >= 0.6 is 0 Å². The molecule has 2 rings (SSSR count). The minimum atomic E-state index is 0.508. The molecule has 0 aromatic carbocycles. The van der Waals surface area contributed by atoms with E-state index in [2.05, 4.69) is 19.2 Å². The average Bonchev–Trinajstić information content (AvgIpc) is 3.01. The molecule has 0 spiro atoms. The smallest absolute Gasteiger partial charge is 0.0587 e. The second kappa shape index (κ2) is 7.77. The van der Waals surface area contributed by atoms with Gasteiger partial charge in [0.05, 0.1) is 6.61 Å². The molecular formula is C17H33NO2. The fraction of sp³-hybridized carbons (Fsp3) is 1.00. The van der Waals surface area contributed by atoms with E-state index in [0.29, 0.717) is 11.3 Å². The van der Waals surface area contributed by atoms with Gasteiger partial charge in [-0.3, -0.25) is 0 Å². The Morgan fingerprint density at radius 3 is 2.70 bits per heavy atom. The maximum absolute atomic E-state index is 5.86. The summed E-state index contributed by atoms with van der Waals surface area (Å²) in [5.74, 6) is 2.57. The van der Waals surface area contributed by atoms with E-state index in [1.807, 2.05) is 0 Å². The normalized spacial score (nSPS) is 32.4. The van der Waals surface area contributed by atoms with Gasteiger partial charge in [0.15, 0.2) is 0 Å². The second-order valence-electron chi connectivity index (χ2n) is 7.33. The fourth-order valence-electron chi connectivity index (χ4n) is 4.28. The van der Waals surface area contributed by atoms with Gasteiger partial charge in [-0.25, -0.2) is 0 Å². The molecule has 3 heteroatoms. The SMILES string of the molecule is COCCNCC1(CCOCC(C)C)CC2CCC1C2. The molecule has 0 aromatic rings. The lowest BCUT2D eigenvalue weighted by Gasteiger charge is -2.38. The van der Waals surface area contributed by atoms with Crippen molar-refractivity contribution in [3.05, 3.63) is 0 Å². The van der Waals surface area contributed by atoms with Crippen LogP contribution in [0.3, 0.4) is 0 Å². The number of hydrogen-bond donors (Lipinski definition) is 1. The molecule has 20 heavy (non-hydrogen) atoms. The number of hydrogen-bond acceptors (Lipinski definition) is 3. The molecule has 118 valence electrons. The van der Waals surface area contributed by atoms with Crippen LogP contribution in [0.25, 0.3) is 0 Å². The van der Waals surface area contributed by atoms with Crippen LogP contribution in [-0.4, -0.2) is 40.0 Å². The Labute approximate surface area is 124 Å². The van der Waals surface area contributed by atoms with E-state index in [0.717, 1.165) is 44.7 Å². The van der Waals surface area contributed by atoms with Crippen LogP contribution in [-0.2, 0) is 9.47 Å². The summed E-state index contributed by atoms with van der Waals surface area (Å²) in [5.41, 5.74) is 0.508. The molecule has 0 radical (unpaired) electrons. The number of rotatable bonds is 10. The largest absolute Gasteiger partial charge is 0.383 e. The van der Waals surface area contributed by atoms with Crippen molar-refractivity contribution >= 4 is 0 Å². The molecule has 3 atom stereocenters. The van der Waals surface area contributed by atoms with Crippen LogP contribution in [0.15, 0.2) is 0 Å². The first-order valence-electron chi connectivity index (χ1n) is 8.43. The third-order valence-corrected chi connectivity index (χ3v) is 5.26. The Bertz CT molecular complexity index is 282. The third-order valence-electron chi connectivity index (χ3n) is 5.26. The molecule has 2 bridgehead atoms. The van der Waals surface area contributed by atoms with E-state index in [4.69, 9.17) is 9.47 Å². The molecule has 2 saturated carbocycles. The Balaban J connectivity index is 1.78. The maximum atomic E-state index is 5.86. The van der Waals surface area contributed by atoms with E-state index in [1.165, 1.54) is 32.1 Å². The van der Waals surface area contributed by atoms with Gasteiger partial charge in [0, 0.05) is 33.4 Å². The fourth-order valence-corrected chi connectivity index (χ4v) is 4.28. The molecule has 0 aromatic heterocycles. The molecule has 3 nitrogen and oxygen atoms in total. The van der Waals surface area contributed by atoms with Crippen LogP contribution < -0.4 is 5.32 Å². The molecule has 0 aliphatic heterocycles. The third kappa shape index (κ3) is 4.19. The molecular weight excluding hydrogens is 250 g/mol. The molecule has 1 N–H and O–H groups in total. The van der Waals surface area contributed by atoms with Crippen LogP contribution in [0, 0.1) is 23.2 Å². The summed E-state index contributed by atoms with van der Waals surface area (Å²) in [6, 6.07) is 0. The monoisotopic (exact) mass is 283 g/mol. The summed E-state index contributed by atoms with van der Waals surface area (Å²) in [6.45, 7) is 9.23. The van der Waals surface area contributed by atoms with E-state index in [-0.39, 0.29) is 0 Å². The van der Waals surface area contributed by atoms with E-state index < -0.39 is 0 Å². The van der Waals surface area contributed by atoms with Crippen molar-refractivity contribution in [3.8, 4) is 0 Å². The van der Waals surface area contributed by atoms with E-state index >= 15 is 0 Å². The number of methoxy groups -OCH3 is 1. The van der Waals surface area contributed by atoms with Crippen LogP contribution in [0.1, 0.15) is 46.0 Å². The van der Waals surface area contributed by atoms with E-state index in [9.17, 15) is 0 Å². The van der Waals surface area contributed by atoms with E-state index in [1.54, 1.807) is 7.11 Å². The summed E-state index contributed by atoms with van der Waals surface area (Å²) in [7, 11) is 1.77. The molecule has 0 saturated heterocycles. The van der Waals surface area contributed by atoms with Crippen molar-refractivity contribution in [3.63, 3.8) is 0 Å². The van der Waals surface area contributed by atoms with Gasteiger partial charge in [0.2, 0.25) is 0 Å². The first kappa shape index (κ1) is 16.3. The van der Waals surface area contributed by atoms with Crippen molar-refractivity contribution < 1.29 is 9.47 Å². The summed E-state index contributed by atoms with van der Waals surface area (Å²) in [4.78, 5) is 0. The maximum Gasteiger partial charge on any atom is 0.0587 e. The van der Waals surface area contributed by atoms with Gasteiger partial charge in [-0.05, 0) is 48.9 Å². The Kier molecular flexibility index (Phi) is 6.31. The van der Waals surface area contributed by atoms with Gasteiger partial charge in [0.1, 0.15) is 0 Å². The van der Waals surface area contributed by atoms with Gasteiger partial charge >= 0.3 is 0 Å². The van der Waals surface area contributed by atoms with Crippen LogP contribution in [0.5, 0.6) is 0 Å². The lowest BCUT2D eigenvalue weighted by molar-refractivity contribution is 0.0508. The summed E-state index contributed by atoms with van der Waals surface area (Å²) in [5, 5.41) is 3.62. The topological polar surface area (TPSA) is 30.5 Å². The second-order valence-corrected chi connectivity index (χ2v) is 7.33. The minimum Gasteiger partial charge on any atom is -0.383 e. The molecule has 2 fully saturated rings. The van der Waals surface area contributed by atoms with Crippen molar-refractivity contribution in [1.29, 1.82) is 0 Å². The van der Waals surface area contributed by atoms with Crippen LogP contribution in [0.4, 0.5) is 0 Å². The Morgan fingerprint density at radius 1 is 1.25 bits per heavy atom. The lowest BCUT2D eigenvalue weighted by atomic mass is 9.71. The summed E-state index contributed by atoms with van der Waals surface area (Å²) in [6.07, 6.45) is 7.04. The van der Waals surface area contributed by atoms with Crippen molar-refractivity contribution in [2.24, 2.45) is 23.2 Å². The predicted octanol–water partition coefficient (Wildman–Crippen LogP) is 3.09. The van der Waals surface area contributed by atoms with Crippen molar-refractivity contribution in [2.75, 3.05) is 40.0 Å². The Hall–Kier alpha value is -0.120. The highest BCUT2D eigenvalue weighted by molar-refractivity contribution is 5.01. The van der Waals surface area contributed by atoms with Gasteiger partial charge in [-0.15, -0.1) is 0 Å². The molecule has 0 heterocycles. The average molecular weight is 283 g/mol. The quantitative estimate of drug-likeness (QED) is 0.625. The molecule has 2 aliphatic carbocycles. The highest BCUT2D eigenvalue weighted by atomic mass is 16.5. The zero-order valence-corrected chi connectivity index (χ0v) is 13.6. The standard InChI is InChI=1S/C17H33NO2/c1-14(2)12-20-8-6-17(13-18-7-9-19-3)11-15-4-5-16(17)10-15/h14-16,18H,4-13H2,1-3H3. The highest BCUT2D eigenvalue weighted by Crippen LogP contribution is 2.57. The van der Waals surface area contributed by atoms with Gasteiger partial charge in [0.25, 0.3) is 0 Å². The molecule has 2 aliphatic rings. The minimum absolute atomic E-state index is 0.508. The zero-order valence-electron chi connectivity index (χ0n) is 13.6. The van der Waals surface area contributed by atoms with Crippen molar-refractivity contribution in [2.45, 2.75) is 46.0 Å².